The van der Waals surface area contributed by atoms with Gasteiger partial charge in [-0.25, -0.2) is 9.97 Å². The van der Waals surface area contributed by atoms with Crippen molar-refractivity contribution in [1.82, 2.24) is 15.3 Å². The number of hydrogen-bond acceptors (Lipinski definition) is 7. The third kappa shape index (κ3) is 2.99. The van der Waals surface area contributed by atoms with E-state index in [2.05, 4.69) is 10.3 Å². The SMILES string of the molecule is CNC1(COc2nc(-c3nccs3)c3c(c2C)CC(C(=O)OC)C3)CC1. The molecule has 0 amide bonds. The molecule has 0 spiro atoms. The molecule has 2 aromatic rings. The molecular formula is C19H23N3O3S. The number of carbonyl (C=O) groups excluding carboxylic acids is 1. The van der Waals surface area contributed by atoms with E-state index in [0.29, 0.717) is 25.3 Å². The molecule has 1 unspecified atom stereocenters. The zero-order chi connectivity index (χ0) is 18.3. The maximum atomic E-state index is 12.1. The van der Waals surface area contributed by atoms with Gasteiger partial charge in [-0.15, -0.1) is 11.3 Å². The molecular weight excluding hydrogens is 350 g/mol. The summed E-state index contributed by atoms with van der Waals surface area (Å²) in [5.74, 6) is 0.331. The van der Waals surface area contributed by atoms with Gasteiger partial charge >= 0.3 is 5.97 Å². The van der Waals surface area contributed by atoms with Gasteiger partial charge in [0, 0.05) is 17.1 Å². The molecule has 0 radical (unpaired) electrons. The van der Waals surface area contributed by atoms with Crippen LogP contribution >= 0.6 is 11.3 Å². The van der Waals surface area contributed by atoms with Gasteiger partial charge in [-0.3, -0.25) is 4.79 Å². The zero-order valence-corrected chi connectivity index (χ0v) is 16.1. The molecule has 2 heterocycles. The van der Waals surface area contributed by atoms with E-state index in [9.17, 15) is 4.79 Å². The Hall–Kier alpha value is -1.99. The molecule has 0 bridgehead atoms. The van der Waals surface area contributed by atoms with E-state index < -0.39 is 0 Å². The summed E-state index contributed by atoms with van der Waals surface area (Å²) in [6, 6.07) is 0. The van der Waals surface area contributed by atoms with E-state index in [1.807, 2.05) is 19.4 Å². The molecule has 2 aliphatic carbocycles. The Morgan fingerprint density at radius 3 is 2.77 bits per heavy atom. The summed E-state index contributed by atoms with van der Waals surface area (Å²) >= 11 is 1.55. The Morgan fingerprint density at radius 1 is 1.38 bits per heavy atom. The number of pyridine rings is 1. The molecule has 1 fully saturated rings. The van der Waals surface area contributed by atoms with Crippen LogP contribution in [0.1, 0.15) is 29.5 Å². The molecule has 6 nitrogen and oxygen atoms in total. The van der Waals surface area contributed by atoms with Gasteiger partial charge in [-0.1, -0.05) is 0 Å². The number of fused-ring (bicyclic) bond motifs is 1. The second-order valence-corrected chi connectivity index (χ2v) is 8.03. The third-order valence-corrected chi connectivity index (χ3v) is 6.36. The van der Waals surface area contributed by atoms with E-state index >= 15 is 0 Å². The van der Waals surface area contributed by atoms with Gasteiger partial charge < -0.3 is 14.8 Å². The molecule has 0 saturated heterocycles. The number of rotatable bonds is 6. The standard InChI is InChI=1S/C19H23N3O3S/c1-11-13-8-12(18(23)24-3)9-14(13)15(17-21-6-7-26-17)22-16(11)25-10-19(20-2)4-5-19/h6-7,12,20H,4-5,8-10H2,1-3H3. The topological polar surface area (TPSA) is 73.3 Å². The maximum absolute atomic E-state index is 12.1. The number of carbonyl (C=O) groups is 1. The molecule has 138 valence electrons. The minimum atomic E-state index is -0.166. The first-order valence-corrected chi connectivity index (χ1v) is 9.76. The normalized spacial score (nSPS) is 19.9. The summed E-state index contributed by atoms with van der Waals surface area (Å²) < 4.78 is 11.1. The van der Waals surface area contributed by atoms with Gasteiger partial charge in [-0.2, -0.15) is 0 Å². The highest BCUT2D eigenvalue weighted by atomic mass is 32.1. The van der Waals surface area contributed by atoms with Crippen LogP contribution in [0.3, 0.4) is 0 Å². The van der Waals surface area contributed by atoms with Gasteiger partial charge in [0.15, 0.2) is 0 Å². The molecule has 2 aromatic heterocycles. The second kappa shape index (κ2) is 6.63. The Balaban J connectivity index is 1.71. The first-order valence-electron chi connectivity index (χ1n) is 8.88. The van der Waals surface area contributed by atoms with Gasteiger partial charge in [0.25, 0.3) is 0 Å². The fraction of sp³-hybridized carbons (Fsp3) is 0.526. The fourth-order valence-corrected chi connectivity index (χ4v) is 4.28. The summed E-state index contributed by atoms with van der Waals surface area (Å²) in [5, 5.41) is 6.15. The molecule has 4 rings (SSSR count). The smallest absolute Gasteiger partial charge is 0.309 e. The predicted molar refractivity (Wildman–Crippen MR) is 99.5 cm³/mol. The van der Waals surface area contributed by atoms with Crippen LogP contribution in [0.5, 0.6) is 5.88 Å². The van der Waals surface area contributed by atoms with Crippen molar-refractivity contribution in [2.45, 2.75) is 38.1 Å². The highest BCUT2D eigenvalue weighted by molar-refractivity contribution is 7.13. The first kappa shape index (κ1) is 17.4. The number of likely N-dealkylation sites (N-methyl/N-ethyl adjacent to an activating group) is 1. The Bertz CT molecular complexity index is 831. The van der Waals surface area contributed by atoms with E-state index in [1.165, 1.54) is 7.11 Å². The Labute approximate surface area is 157 Å². The van der Waals surface area contributed by atoms with Gasteiger partial charge in [0.05, 0.1) is 18.6 Å². The molecule has 0 aromatic carbocycles. The minimum absolute atomic E-state index is 0.0863. The molecule has 1 atom stereocenters. The molecule has 26 heavy (non-hydrogen) atoms. The predicted octanol–water partition coefficient (Wildman–Crippen LogP) is 2.53. The van der Waals surface area contributed by atoms with E-state index in [0.717, 1.165) is 40.2 Å². The van der Waals surface area contributed by atoms with E-state index in [4.69, 9.17) is 14.5 Å². The minimum Gasteiger partial charge on any atom is -0.475 e. The van der Waals surface area contributed by atoms with Crippen molar-refractivity contribution >= 4 is 17.3 Å². The van der Waals surface area contributed by atoms with Crippen molar-refractivity contribution in [1.29, 1.82) is 0 Å². The van der Waals surface area contributed by atoms with Crippen molar-refractivity contribution in [3.05, 3.63) is 28.3 Å². The number of nitrogens with one attached hydrogen (secondary N) is 1. The number of methoxy groups -OCH3 is 1. The summed E-state index contributed by atoms with van der Waals surface area (Å²) in [6.07, 6.45) is 5.34. The monoisotopic (exact) mass is 373 g/mol. The maximum Gasteiger partial charge on any atom is 0.309 e. The molecule has 1 N–H and O–H groups in total. The van der Waals surface area contributed by atoms with Crippen molar-refractivity contribution in [2.75, 3.05) is 20.8 Å². The summed E-state index contributed by atoms with van der Waals surface area (Å²) in [7, 11) is 3.42. The number of esters is 1. The molecule has 7 heteroatoms. The lowest BCUT2D eigenvalue weighted by Crippen LogP contribution is -2.34. The highest BCUT2D eigenvalue weighted by Gasteiger charge is 2.42. The lowest BCUT2D eigenvalue weighted by Gasteiger charge is -2.18. The van der Waals surface area contributed by atoms with E-state index in [-0.39, 0.29) is 17.4 Å². The third-order valence-electron chi connectivity index (χ3n) is 5.58. The van der Waals surface area contributed by atoms with Crippen molar-refractivity contribution in [2.24, 2.45) is 5.92 Å². The Kier molecular flexibility index (Phi) is 4.44. The average Bonchev–Trinajstić information content (AvgIpc) is 3.06. The quantitative estimate of drug-likeness (QED) is 0.785. The number of ether oxygens (including phenoxy) is 2. The van der Waals surface area contributed by atoms with Gasteiger partial charge in [0.1, 0.15) is 17.3 Å². The summed E-state index contributed by atoms with van der Waals surface area (Å²) in [5.41, 5.74) is 4.22. The van der Waals surface area contributed by atoms with Crippen LogP contribution in [-0.2, 0) is 22.4 Å². The fourth-order valence-electron chi connectivity index (χ4n) is 3.63. The van der Waals surface area contributed by atoms with Crippen molar-refractivity contribution in [3.63, 3.8) is 0 Å². The second-order valence-electron chi connectivity index (χ2n) is 7.13. The molecule has 0 aliphatic heterocycles. The van der Waals surface area contributed by atoms with Crippen LogP contribution in [-0.4, -0.2) is 42.2 Å². The van der Waals surface area contributed by atoms with Crippen LogP contribution < -0.4 is 10.1 Å². The van der Waals surface area contributed by atoms with Crippen LogP contribution in [0.25, 0.3) is 10.7 Å². The van der Waals surface area contributed by atoms with Crippen LogP contribution in [0.15, 0.2) is 11.6 Å². The summed E-state index contributed by atoms with van der Waals surface area (Å²) in [4.78, 5) is 21.3. The molecule has 2 aliphatic rings. The number of hydrogen-bond donors (Lipinski definition) is 1. The average molecular weight is 373 g/mol. The highest BCUT2D eigenvalue weighted by Crippen LogP contribution is 2.41. The van der Waals surface area contributed by atoms with Crippen molar-refractivity contribution in [3.8, 4) is 16.6 Å². The summed E-state index contributed by atoms with van der Waals surface area (Å²) in [6.45, 7) is 2.64. The first-order chi connectivity index (χ1) is 12.6. The van der Waals surface area contributed by atoms with Crippen LogP contribution in [0, 0.1) is 12.8 Å². The number of thiazole rings is 1. The van der Waals surface area contributed by atoms with Crippen molar-refractivity contribution < 1.29 is 14.3 Å². The lowest BCUT2D eigenvalue weighted by molar-refractivity contribution is -0.145. The number of aromatic nitrogens is 2. The van der Waals surface area contributed by atoms with Gasteiger partial charge in [0.2, 0.25) is 5.88 Å². The largest absolute Gasteiger partial charge is 0.475 e. The van der Waals surface area contributed by atoms with Gasteiger partial charge in [-0.05, 0) is 50.8 Å². The number of nitrogens with zero attached hydrogens (tertiary/aromatic N) is 2. The van der Waals surface area contributed by atoms with Crippen LogP contribution in [0.4, 0.5) is 0 Å². The van der Waals surface area contributed by atoms with E-state index in [1.54, 1.807) is 17.5 Å². The Morgan fingerprint density at radius 2 is 2.15 bits per heavy atom. The lowest BCUT2D eigenvalue weighted by atomic mass is 10.0. The zero-order valence-electron chi connectivity index (χ0n) is 15.3. The van der Waals surface area contributed by atoms with Crippen LogP contribution in [0.2, 0.25) is 0 Å². The molecule has 1 saturated carbocycles.